The zero-order chi connectivity index (χ0) is 24.5. The molecule has 0 aromatic heterocycles. The van der Waals surface area contributed by atoms with Crippen LogP contribution in [-0.4, -0.2) is 107 Å². The second-order valence-corrected chi connectivity index (χ2v) is 8.41. The van der Waals surface area contributed by atoms with Crippen molar-refractivity contribution in [3.05, 3.63) is 22.6 Å². The number of amides is 1. The second-order valence-electron chi connectivity index (χ2n) is 8.10. The Balaban J connectivity index is 0.00000122. The van der Waals surface area contributed by atoms with Gasteiger partial charge in [-0.15, -0.1) is 0 Å². The fraction of sp³-hybridized carbons (Fsp3) is 0.842. The number of aliphatic hydroxyl groups is 4. The minimum absolute atomic E-state index is 0.145. The van der Waals surface area contributed by atoms with Crippen LogP contribution in [0.5, 0.6) is 0 Å². The van der Waals surface area contributed by atoms with Crippen LogP contribution in [-0.2, 0) is 14.3 Å². The van der Waals surface area contributed by atoms with E-state index in [1.807, 2.05) is 12.2 Å². The number of allylic oxidation sites excluding steroid dienone is 1. The molecule has 3 aliphatic rings. The fourth-order valence-corrected chi connectivity index (χ4v) is 4.26. The maximum Gasteiger partial charge on any atom is 0.240 e. The molecular weight excluding hydrogens is 461 g/mol. The van der Waals surface area contributed by atoms with Crippen molar-refractivity contribution in [3.63, 3.8) is 0 Å². The van der Waals surface area contributed by atoms with E-state index in [0.29, 0.717) is 13.2 Å². The van der Waals surface area contributed by atoms with Crippen molar-refractivity contribution in [1.82, 2.24) is 10.6 Å². The third-order valence-corrected chi connectivity index (χ3v) is 5.92. The molecule has 3 heterocycles. The molecule has 2 unspecified atom stereocenters. The molecule has 14 heteroatoms. The van der Waals surface area contributed by atoms with E-state index in [9.17, 15) is 29.1 Å². The lowest BCUT2D eigenvalue weighted by atomic mass is 9.89. The predicted molar refractivity (Wildman–Crippen MR) is 118 cm³/mol. The highest BCUT2D eigenvalue weighted by Gasteiger charge is 2.49. The van der Waals surface area contributed by atoms with Gasteiger partial charge in [0.25, 0.3) is 0 Å². The summed E-state index contributed by atoms with van der Waals surface area (Å²) < 4.78 is 21.6. The van der Waals surface area contributed by atoms with Gasteiger partial charge in [-0.1, -0.05) is 17.3 Å². The van der Waals surface area contributed by atoms with Crippen molar-refractivity contribution in [2.75, 3.05) is 26.0 Å². The highest BCUT2D eigenvalue weighted by Crippen LogP contribution is 2.27. The molecule has 10 atom stereocenters. The van der Waals surface area contributed by atoms with E-state index in [0.717, 1.165) is 6.42 Å². The average Bonchev–Trinajstić information content (AvgIpc) is 3.04. The number of aliphatic hydroxyl groups excluding tert-OH is 4. The van der Waals surface area contributed by atoms with Crippen LogP contribution in [0.2, 0.25) is 0 Å². The molecule has 6 N–H and O–H groups in total. The van der Waals surface area contributed by atoms with Gasteiger partial charge >= 0.3 is 0 Å². The van der Waals surface area contributed by atoms with Gasteiger partial charge in [-0.25, -0.2) is 0 Å². The quantitative estimate of drug-likeness (QED) is 0.119. The molecule has 2 fully saturated rings. The minimum Gasteiger partial charge on any atom is -0.391 e. The Morgan fingerprint density at radius 3 is 2.70 bits per heavy atom. The van der Waals surface area contributed by atoms with E-state index in [4.69, 9.17) is 15.0 Å². The number of hydrogen-bond acceptors (Lipinski definition) is 10. The van der Waals surface area contributed by atoms with E-state index in [2.05, 4.69) is 20.7 Å². The van der Waals surface area contributed by atoms with Gasteiger partial charge in [-0.3, -0.25) is 4.79 Å². The first-order valence-corrected chi connectivity index (χ1v) is 11.7. The van der Waals surface area contributed by atoms with Crippen LogP contribution in [0.3, 0.4) is 0 Å². The van der Waals surface area contributed by atoms with Crippen LogP contribution >= 0.6 is 12.1 Å². The van der Waals surface area contributed by atoms with Gasteiger partial charge in [0.1, 0.15) is 30.5 Å². The van der Waals surface area contributed by atoms with Crippen LogP contribution in [0.4, 0.5) is 3.89 Å². The minimum atomic E-state index is -1.61. The smallest absolute Gasteiger partial charge is 0.240 e. The Morgan fingerprint density at radius 1 is 1.36 bits per heavy atom. The number of halogens is 1. The average molecular weight is 494 g/mol. The first-order chi connectivity index (χ1) is 15.8. The normalized spacial score (nSPS) is 37.4. The summed E-state index contributed by atoms with van der Waals surface area (Å²) in [5.41, 5.74) is 8.51. The van der Waals surface area contributed by atoms with Crippen LogP contribution in [0, 0.1) is 5.92 Å². The van der Waals surface area contributed by atoms with Gasteiger partial charge in [0.15, 0.2) is 0 Å². The van der Waals surface area contributed by atoms with Crippen LogP contribution in [0.15, 0.2) is 17.3 Å². The van der Waals surface area contributed by atoms with Gasteiger partial charge in [-0.2, -0.15) is 3.89 Å². The Hall–Kier alpha value is -1.48. The summed E-state index contributed by atoms with van der Waals surface area (Å²) in [5.74, 6) is -0.287. The Morgan fingerprint density at radius 2 is 2.06 bits per heavy atom. The molecule has 12 nitrogen and oxygen atoms in total. The molecule has 3 aliphatic heterocycles. The molecule has 2 saturated heterocycles. The van der Waals surface area contributed by atoms with E-state index in [-0.39, 0.29) is 30.7 Å². The third kappa shape index (κ3) is 7.01. The summed E-state index contributed by atoms with van der Waals surface area (Å²) in [6.45, 7) is 2.14. The molecule has 188 valence electrons. The number of rotatable bonds is 6. The van der Waals surface area contributed by atoms with E-state index in [1.165, 1.54) is 13.2 Å². The molecule has 0 bridgehead atoms. The standard InChI is InChI=1S/C18H29N5O7.CH3FS/c1-8(24)11(17-15(27)14(26)13(25)10(30-17)7-21-23-19)22-18(28)12-16-9(6-20-12)4-2-3-5-29-16;1-3-2/h2-3,8-17,20,24-27H,4-7H2,1H3,(H,22,28);1H3/t8-,9+,10?,11-,12+,13+,14+,15?,16-,17-;/m1./s1. The van der Waals surface area contributed by atoms with Crippen molar-refractivity contribution >= 4 is 18.1 Å². The first kappa shape index (κ1) is 27.8. The summed E-state index contributed by atoms with van der Waals surface area (Å²) in [4.78, 5) is 15.6. The second kappa shape index (κ2) is 13.4. The summed E-state index contributed by atoms with van der Waals surface area (Å²) in [6.07, 6.45) is -2.40. The van der Waals surface area contributed by atoms with Crippen LogP contribution < -0.4 is 10.6 Å². The van der Waals surface area contributed by atoms with Crippen molar-refractivity contribution in [2.24, 2.45) is 11.0 Å². The van der Waals surface area contributed by atoms with E-state index >= 15 is 0 Å². The number of ether oxygens (including phenoxy) is 2. The largest absolute Gasteiger partial charge is 0.391 e. The molecule has 0 saturated carbocycles. The van der Waals surface area contributed by atoms with Gasteiger partial charge in [0.05, 0.1) is 37.5 Å². The maximum absolute atomic E-state index is 13.0. The van der Waals surface area contributed by atoms with Crippen molar-refractivity contribution in [2.45, 2.75) is 68.2 Å². The number of nitrogens with zero attached hydrogens (tertiary/aromatic N) is 3. The molecule has 1 amide bonds. The maximum atomic E-state index is 13.0. The lowest BCUT2D eigenvalue weighted by molar-refractivity contribution is -0.230. The zero-order valence-corrected chi connectivity index (χ0v) is 19.2. The van der Waals surface area contributed by atoms with Crippen LogP contribution in [0.25, 0.3) is 10.4 Å². The number of azide groups is 1. The number of fused-ring (bicyclic) bond motifs is 1. The first-order valence-electron chi connectivity index (χ1n) is 10.6. The van der Waals surface area contributed by atoms with Gasteiger partial charge in [0.2, 0.25) is 5.91 Å². The topological polar surface area (TPSA) is 189 Å². The molecular formula is C19H32FN5O7S. The fourth-order valence-electron chi connectivity index (χ4n) is 4.26. The summed E-state index contributed by atoms with van der Waals surface area (Å²) in [6, 6.07) is -1.74. The molecule has 0 spiro atoms. The van der Waals surface area contributed by atoms with Crippen molar-refractivity contribution < 1.29 is 38.6 Å². The van der Waals surface area contributed by atoms with Crippen LogP contribution in [0.1, 0.15) is 13.3 Å². The Bertz CT molecular complexity index is 714. The number of carbonyl (C=O) groups is 1. The molecule has 33 heavy (non-hydrogen) atoms. The molecule has 0 aromatic carbocycles. The van der Waals surface area contributed by atoms with Crippen molar-refractivity contribution in [1.29, 1.82) is 0 Å². The zero-order valence-electron chi connectivity index (χ0n) is 18.4. The molecule has 3 rings (SSSR count). The van der Waals surface area contributed by atoms with E-state index < -0.39 is 54.6 Å². The number of hydrogen-bond donors (Lipinski definition) is 6. The van der Waals surface area contributed by atoms with E-state index in [1.54, 1.807) is 0 Å². The molecule has 0 aliphatic carbocycles. The Kier molecular flexibility index (Phi) is 11.3. The highest BCUT2D eigenvalue weighted by molar-refractivity contribution is 7.93. The van der Waals surface area contributed by atoms with Crippen molar-refractivity contribution in [3.8, 4) is 0 Å². The number of carbonyl (C=O) groups excluding carboxylic acids is 1. The summed E-state index contributed by atoms with van der Waals surface area (Å²) in [7, 11) is 0. The highest BCUT2D eigenvalue weighted by atomic mass is 32.2. The van der Waals surface area contributed by atoms with Gasteiger partial charge < -0.3 is 40.5 Å². The monoisotopic (exact) mass is 493 g/mol. The predicted octanol–water partition coefficient (Wildman–Crippen LogP) is -0.821. The number of nitrogens with one attached hydrogen (secondary N) is 2. The summed E-state index contributed by atoms with van der Waals surface area (Å²) >= 11 is 0.250. The summed E-state index contributed by atoms with van der Waals surface area (Å²) in [5, 5.41) is 50.1. The third-order valence-electron chi connectivity index (χ3n) is 5.92. The van der Waals surface area contributed by atoms with Gasteiger partial charge in [-0.05, 0) is 18.9 Å². The Labute approximate surface area is 195 Å². The lowest BCUT2D eigenvalue weighted by Gasteiger charge is -2.44. The SMILES string of the molecule is CSF.C[C@@H](O)[C@@H](NC(=O)[C@H]1NC[C@@H]2CC=CCO[C@H]21)[C@H]1OC(CN=[N+]=[N-])[C@H](O)[C@H](O)C1O. The molecule has 0 radical (unpaired) electrons. The van der Waals surface area contributed by atoms with Gasteiger partial charge in [0, 0.05) is 35.8 Å². The lowest BCUT2D eigenvalue weighted by Crippen LogP contribution is -2.67. The molecule has 0 aromatic rings.